The maximum absolute atomic E-state index is 11.3. The van der Waals surface area contributed by atoms with Crippen LogP contribution < -0.4 is 10.6 Å². The van der Waals surface area contributed by atoms with Crippen molar-refractivity contribution in [1.82, 2.24) is 10.6 Å². The highest BCUT2D eigenvalue weighted by Crippen LogP contribution is 2.24. The van der Waals surface area contributed by atoms with Gasteiger partial charge in [-0.1, -0.05) is 18.6 Å². The van der Waals surface area contributed by atoms with Crippen LogP contribution in [0.3, 0.4) is 0 Å². The van der Waals surface area contributed by atoms with E-state index in [0.717, 1.165) is 12.1 Å². The summed E-state index contributed by atoms with van der Waals surface area (Å²) < 4.78 is 0. The van der Waals surface area contributed by atoms with Crippen molar-refractivity contribution >= 4 is 17.8 Å². The molecular formula is C11H20N2OS. The van der Waals surface area contributed by atoms with Crippen molar-refractivity contribution in [1.29, 1.82) is 0 Å². The molecule has 0 aromatic rings. The van der Waals surface area contributed by atoms with Crippen LogP contribution in [0.4, 0.5) is 4.79 Å². The van der Waals surface area contributed by atoms with Crippen molar-refractivity contribution in [2.24, 2.45) is 0 Å². The highest BCUT2D eigenvalue weighted by atomic mass is 32.2. The number of carbonyl (C=O) groups is 1. The molecule has 1 rings (SSSR count). The van der Waals surface area contributed by atoms with Gasteiger partial charge in [0.25, 0.3) is 0 Å². The molecule has 0 aromatic carbocycles. The SMILES string of the molecule is C=C(C)CNC(=O)NCC1CCCCS1. The van der Waals surface area contributed by atoms with E-state index in [1.54, 1.807) is 0 Å². The lowest BCUT2D eigenvalue weighted by Gasteiger charge is -2.21. The summed E-state index contributed by atoms with van der Waals surface area (Å²) in [6, 6.07) is -0.0795. The van der Waals surface area contributed by atoms with Crippen molar-refractivity contribution in [2.45, 2.75) is 31.4 Å². The third-order valence-corrected chi connectivity index (χ3v) is 3.71. The summed E-state index contributed by atoms with van der Waals surface area (Å²) in [5.41, 5.74) is 0.970. The molecule has 2 N–H and O–H groups in total. The summed E-state index contributed by atoms with van der Waals surface area (Å²) in [5, 5.41) is 6.26. The van der Waals surface area contributed by atoms with Gasteiger partial charge in [-0.2, -0.15) is 11.8 Å². The number of hydrogen-bond donors (Lipinski definition) is 2. The molecule has 86 valence electrons. The predicted octanol–water partition coefficient (Wildman–Crippen LogP) is 2.15. The van der Waals surface area contributed by atoms with Gasteiger partial charge in [0.15, 0.2) is 0 Å². The number of urea groups is 1. The molecule has 1 unspecified atom stereocenters. The molecule has 0 aromatic heterocycles. The Morgan fingerprint density at radius 3 is 2.87 bits per heavy atom. The monoisotopic (exact) mass is 228 g/mol. The van der Waals surface area contributed by atoms with Crippen LogP contribution in [0, 0.1) is 0 Å². The van der Waals surface area contributed by atoms with E-state index in [0.29, 0.717) is 11.8 Å². The summed E-state index contributed by atoms with van der Waals surface area (Å²) in [4.78, 5) is 11.3. The largest absolute Gasteiger partial charge is 0.337 e. The Morgan fingerprint density at radius 1 is 1.47 bits per heavy atom. The summed E-state index contributed by atoms with van der Waals surface area (Å²) >= 11 is 1.97. The van der Waals surface area contributed by atoms with Crippen molar-refractivity contribution in [2.75, 3.05) is 18.8 Å². The zero-order chi connectivity index (χ0) is 11.1. The van der Waals surface area contributed by atoms with Crippen molar-refractivity contribution in [3.8, 4) is 0 Å². The fourth-order valence-corrected chi connectivity index (χ4v) is 2.71. The lowest BCUT2D eigenvalue weighted by molar-refractivity contribution is 0.241. The Labute approximate surface area is 96.1 Å². The van der Waals surface area contributed by atoms with Crippen LogP contribution in [-0.4, -0.2) is 30.1 Å². The Hall–Kier alpha value is -0.640. The number of carbonyl (C=O) groups excluding carboxylic acids is 1. The predicted molar refractivity (Wildman–Crippen MR) is 66.3 cm³/mol. The molecule has 0 radical (unpaired) electrons. The Balaban J connectivity index is 2.07. The minimum Gasteiger partial charge on any atom is -0.337 e. The highest BCUT2D eigenvalue weighted by Gasteiger charge is 2.14. The zero-order valence-electron chi connectivity index (χ0n) is 9.34. The molecule has 15 heavy (non-hydrogen) atoms. The van der Waals surface area contributed by atoms with Crippen LogP contribution in [0.15, 0.2) is 12.2 Å². The quantitative estimate of drug-likeness (QED) is 0.724. The minimum atomic E-state index is -0.0795. The summed E-state index contributed by atoms with van der Waals surface area (Å²) in [5.74, 6) is 1.24. The first kappa shape index (κ1) is 12.4. The zero-order valence-corrected chi connectivity index (χ0v) is 10.2. The third-order valence-electron chi connectivity index (χ3n) is 2.32. The first-order valence-electron chi connectivity index (χ1n) is 5.46. The second-order valence-corrected chi connectivity index (χ2v) is 5.42. The van der Waals surface area contributed by atoms with E-state index in [-0.39, 0.29) is 6.03 Å². The molecule has 1 aliphatic rings. The van der Waals surface area contributed by atoms with Gasteiger partial charge in [0, 0.05) is 18.3 Å². The number of hydrogen-bond acceptors (Lipinski definition) is 2. The summed E-state index contributed by atoms with van der Waals surface area (Å²) in [6.45, 7) is 6.97. The van der Waals surface area contributed by atoms with Gasteiger partial charge in [0.2, 0.25) is 0 Å². The van der Waals surface area contributed by atoms with Crippen molar-refractivity contribution in [3.05, 3.63) is 12.2 Å². The molecule has 1 aliphatic heterocycles. The van der Waals surface area contributed by atoms with E-state index in [4.69, 9.17) is 0 Å². The molecule has 3 nitrogen and oxygen atoms in total. The lowest BCUT2D eigenvalue weighted by Crippen LogP contribution is -2.40. The number of amides is 2. The molecule has 0 bridgehead atoms. The van der Waals surface area contributed by atoms with E-state index in [9.17, 15) is 4.79 Å². The van der Waals surface area contributed by atoms with Gasteiger partial charge in [-0.3, -0.25) is 0 Å². The Bertz CT molecular complexity index is 225. The van der Waals surface area contributed by atoms with E-state index >= 15 is 0 Å². The second kappa shape index (κ2) is 6.77. The van der Waals surface area contributed by atoms with Gasteiger partial charge in [-0.15, -0.1) is 0 Å². The van der Waals surface area contributed by atoms with E-state index in [2.05, 4.69) is 17.2 Å². The first-order chi connectivity index (χ1) is 7.18. The summed E-state index contributed by atoms with van der Waals surface area (Å²) in [6.07, 6.45) is 3.85. The minimum absolute atomic E-state index is 0.0795. The maximum Gasteiger partial charge on any atom is 0.315 e. The van der Waals surface area contributed by atoms with Crippen molar-refractivity contribution in [3.63, 3.8) is 0 Å². The molecule has 1 fully saturated rings. The third kappa shape index (κ3) is 5.72. The van der Waals surface area contributed by atoms with Gasteiger partial charge in [-0.05, 0) is 25.5 Å². The summed E-state index contributed by atoms with van der Waals surface area (Å²) in [7, 11) is 0. The van der Waals surface area contributed by atoms with E-state index < -0.39 is 0 Å². The van der Waals surface area contributed by atoms with Crippen LogP contribution >= 0.6 is 11.8 Å². The molecular weight excluding hydrogens is 208 g/mol. The molecule has 0 aliphatic carbocycles. The number of thioether (sulfide) groups is 1. The van der Waals surface area contributed by atoms with Crippen LogP contribution in [0.1, 0.15) is 26.2 Å². The highest BCUT2D eigenvalue weighted by molar-refractivity contribution is 7.99. The second-order valence-electron chi connectivity index (χ2n) is 4.01. The Morgan fingerprint density at radius 2 is 2.27 bits per heavy atom. The van der Waals surface area contributed by atoms with Crippen molar-refractivity contribution < 1.29 is 4.79 Å². The fraction of sp³-hybridized carbons (Fsp3) is 0.727. The topological polar surface area (TPSA) is 41.1 Å². The van der Waals surface area contributed by atoms with Gasteiger partial charge < -0.3 is 10.6 Å². The average Bonchev–Trinajstić information content (AvgIpc) is 2.25. The molecule has 0 saturated carbocycles. The molecule has 2 amide bonds. The van der Waals surface area contributed by atoms with Crippen LogP contribution in [-0.2, 0) is 0 Å². The lowest BCUT2D eigenvalue weighted by atomic mass is 10.2. The van der Waals surface area contributed by atoms with Gasteiger partial charge in [0.1, 0.15) is 0 Å². The maximum atomic E-state index is 11.3. The first-order valence-corrected chi connectivity index (χ1v) is 6.51. The fourth-order valence-electron chi connectivity index (χ4n) is 1.47. The number of nitrogens with one attached hydrogen (secondary N) is 2. The smallest absolute Gasteiger partial charge is 0.315 e. The molecule has 0 spiro atoms. The average molecular weight is 228 g/mol. The molecule has 1 heterocycles. The van der Waals surface area contributed by atoms with Gasteiger partial charge in [0.05, 0.1) is 0 Å². The van der Waals surface area contributed by atoms with Gasteiger partial charge in [-0.25, -0.2) is 4.79 Å². The van der Waals surface area contributed by atoms with Crippen LogP contribution in [0.2, 0.25) is 0 Å². The number of rotatable bonds is 4. The standard InChI is InChI=1S/C11H20N2OS/c1-9(2)7-12-11(14)13-8-10-5-3-4-6-15-10/h10H,1,3-8H2,2H3,(H2,12,13,14). The van der Waals surface area contributed by atoms with E-state index in [1.165, 1.54) is 25.0 Å². The Kier molecular flexibility index (Phi) is 5.61. The van der Waals surface area contributed by atoms with Crippen LogP contribution in [0.25, 0.3) is 0 Å². The van der Waals surface area contributed by atoms with Crippen LogP contribution in [0.5, 0.6) is 0 Å². The molecule has 1 atom stereocenters. The molecule has 4 heteroatoms. The molecule has 1 saturated heterocycles. The van der Waals surface area contributed by atoms with Gasteiger partial charge >= 0.3 is 6.03 Å². The normalized spacial score (nSPS) is 20.7. The van der Waals surface area contributed by atoms with E-state index in [1.807, 2.05) is 18.7 Å².